The Morgan fingerprint density at radius 3 is 2.57 bits per heavy atom. The normalized spacial score (nSPS) is 13.9. The van der Waals surface area contributed by atoms with Gasteiger partial charge >= 0.3 is 5.97 Å². The highest BCUT2D eigenvalue weighted by atomic mass is 35.5. The summed E-state index contributed by atoms with van der Waals surface area (Å²) >= 11 is 6.32. The van der Waals surface area contributed by atoms with Gasteiger partial charge in [0.05, 0.1) is 36.3 Å². The van der Waals surface area contributed by atoms with E-state index in [0.717, 1.165) is 9.99 Å². The van der Waals surface area contributed by atoms with E-state index in [1.807, 2.05) is 18.2 Å². The van der Waals surface area contributed by atoms with E-state index in [4.69, 9.17) is 16.3 Å². The van der Waals surface area contributed by atoms with Crippen LogP contribution in [0.1, 0.15) is 12.8 Å². The van der Waals surface area contributed by atoms with Crippen molar-refractivity contribution >= 4 is 63.0 Å². The lowest BCUT2D eigenvalue weighted by Crippen LogP contribution is -2.36. The summed E-state index contributed by atoms with van der Waals surface area (Å²) in [6.45, 7) is 1.30. The second-order valence-electron chi connectivity index (χ2n) is 8.40. The van der Waals surface area contributed by atoms with Gasteiger partial charge in [-0.1, -0.05) is 23.7 Å². The van der Waals surface area contributed by atoms with Crippen molar-refractivity contribution in [1.82, 2.24) is 9.97 Å². The topological polar surface area (TPSA) is 137 Å². The van der Waals surface area contributed by atoms with Crippen LogP contribution in [0.3, 0.4) is 0 Å². The number of rotatable bonds is 9. The standard InChI is InChI=1S/C24H27ClN6O5S/c1-30(37(34)35)20-6-4-3-5-18(20)27-22-17(25)14-26-24(29-22)28-19-8-7-16(13-21(19)36-2)31-11-9-15(10-12-31)23(32)33/h3-8,13-15,37H,9-12H2,1-2H3,(H,32,33)(H2,26,27,28,29). The maximum absolute atomic E-state index is 11.5. The quantitative estimate of drug-likeness (QED) is 0.292. The first kappa shape index (κ1) is 26.3. The number of carboxylic acids is 1. The largest absolute Gasteiger partial charge is 0.494 e. The smallest absolute Gasteiger partial charge is 0.306 e. The maximum Gasteiger partial charge on any atom is 0.306 e. The molecule has 1 aliphatic heterocycles. The van der Waals surface area contributed by atoms with Crippen LogP contribution < -0.4 is 24.6 Å². The Bertz CT molecular complexity index is 1360. The number of thiol groups is 1. The van der Waals surface area contributed by atoms with Gasteiger partial charge in [0.25, 0.3) is 0 Å². The van der Waals surface area contributed by atoms with Gasteiger partial charge in [0.2, 0.25) is 16.8 Å². The number of nitrogens with one attached hydrogen (secondary N) is 2. The molecule has 0 amide bonds. The van der Waals surface area contributed by atoms with Crippen molar-refractivity contribution in [3.8, 4) is 5.75 Å². The van der Waals surface area contributed by atoms with Crippen LogP contribution in [-0.2, 0) is 15.7 Å². The minimum Gasteiger partial charge on any atom is -0.494 e. The highest BCUT2D eigenvalue weighted by Crippen LogP contribution is 2.35. The lowest BCUT2D eigenvalue weighted by Gasteiger charge is -2.32. The van der Waals surface area contributed by atoms with Gasteiger partial charge < -0.3 is 25.4 Å². The number of methoxy groups -OCH3 is 1. The number of nitrogens with zero attached hydrogens (tertiary/aromatic N) is 4. The molecule has 196 valence electrons. The summed E-state index contributed by atoms with van der Waals surface area (Å²) in [7, 11) is 0.187. The number of ether oxygens (including phenoxy) is 1. The number of hydrogen-bond acceptors (Lipinski definition) is 9. The molecule has 3 aromatic rings. The van der Waals surface area contributed by atoms with Crippen molar-refractivity contribution in [1.29, 1.82) is 0 Å². The number of para-hydroxylation sites is 2. The van der Waals surface area contributed by atoms with E-state index in [-0.39, 0.29) is 22.7 Å². The fourth-order valence-electron chi connectivity index (χ4n) is 4.08. The third-order valence-corrected chi connectivity index (χ3v) is 7.12. The lowest BCUT2D eigenvalue weighted by atomic mass is 9.97. The minimum absolute atomic E-state index is 0.251. The van der Waals surface area contributed by atoms with Crippen LogP contribution in [0.25, 0.3) is 0 Å². The molecule has 0 unspecified atom stereocenters. The number of carbonyl (C=O) groups is 1. The number of halogens is 1. The fraction of sp³-hybridized carbons (Fsp3) is 0.292. The van der Waals surface area contributed by atoms with Gasteiger partial charge in [0, 0.05) is 31.9 Å². The summed E-state index contributed by atoms with van der Waals surface area (Å²) in [5.41, 5.74) is 2.50. The number of aromatic nitrogens is 2. The summed E-state index contributed by atoms with van der Waals surface area (Å²) in [4.78, 5) is 22.1. The molecule has 1 aromatic heterocycles. The van der Waals surface area contributed by atoms with Crippen LogP contribution in [0.5, 0.6) is 5.75 Å². The Morgan fingerprint density at radius 1 is 1.16 bits per heavy atom. The Balaban J connectivity index is 1.53. The zero-order valence-electron chi connectivity index (χ0n) is 20.2. The van der Waals surface area contributed by atoms with Crippen LogP contribution in [0.4, 0.5) is 34.5 Å². The highest BCUT2D eigenvalue weighted by Gasteiger charge is 2.25. The second-order valence-corrected chi connectivity index (χ2v) is 9.89. The molecule has 11 nitrogen and oxygen atoms in total. The van der Waals surface area contributed by atoms with Crippen LogP contribution >= 0.6 is 11.6 Å². The van der Waals surface area contributed by atoms with Gasteiger partial charge in [0.15, 0.2) is 5.82 Å². The maximum atomic E-state index is 11.5. The molecule has 0 saturated carbocycles. The molecule has 0 radical (unpaired) electrons. The zero-order chi connectivity index (χ0) is 26.5. The van der Waals surface area contributed by atoms with Crippen molar-refractivity contribution < 1.29 is 23.1 Å². The summed E-state index contributed by atoms with van der Waals surface area (Å²) in [5, 5.41) is 15.7. The molecule has 3 N–H and O–H groups in total. The number of carboxylic acid groups (broad SMARTS) is 1. The van der Waals surface area contributed by atoms with Crippen LogP contribution in [0.2, 0.25) is 5.02 Å². The van der Waals surface area contributed by atoms with E-state index < -0.39 is 16.9 Å². The predicted octanol–water partition coefficient (Wildman–Crippen LogP) is 3.89. The molecule has 0 bridgehead atoms. The molecule has 13 heteroatoms. The number of benzene rings is 2. The van der Waals surface area contributed by atoms with E-state index >= 15 is 0 Å². The Morgan fingerprint density at radius 2 is 1.89 bits per heavy atom. The SMILES string of the molecule is COc1cc(N2CCC(C(=O)O)CC2)ccc1Nc1ncc(Cl)c(Nc2ccccc2N(C)[SH](=O)=O)n1. The van der Waals surface area contributed by atoms with Crippen molar-refractivity contribution in [2.45, 2.75) is 12.8 Å². The van der Waals surface area contributed by atoms with Gasteiger partial charge in [-0.2, -0.15) is 4.98 Å². The summed E-state index contributed by atoms with van der Waals surface area (Å²) < 4.78 is 29.7. The predicted molar refractivity (Wildman–Crippen MR) is 144 cm³/mol. The van der Waals surface area contributed by atoms with Gasteiger partial charge in [-0.05, 0) is 37.1 Å². The van der Waals surface area contributed by atoms with Crippen molar-refractivity contribution in [3.63, 3.8) is 0 Å². The molecular formula is C24H27ClN6O5S. The minimum atomic E-state index is -2.82. The molecule has 2 aromatic carbocycles. The van der Waals surface area contributed by atoms with Gasteiger partial charge in [0.1, 0.15) is 10.8 Å². The monoisotopic (exact) mass is 546 g/mol. The molecule has 1 fully saturated rings. The first-order valence-electron chi connectivity index (χ1n) is 11.5. The lowest BCUT2D eigenvalue weighted by molar-refractivity contribution is -0.142. The average Bonchev–Trinajstić information content (AvgIpc) is 2.90. The van der Waals surface area contributed by atoms with E-state index in [2.05, 4.69) is 25.5 Å². The number of anilines is 6. The van der Waals surface area contributed by atoms with Gasteiger partial charge in [-0.15, -0.1) is 0 Å². The van der Waals surface area contributed by atoms with E-state index in [0.29, 0.717) is 48.7 Å². The summed E-state index contributed by atoms with van der Waals surface area (Å²) in [5.74, 6) is 0.0559. The van der Waals surface area contributed by atoms with Crippen molar-refractivity contribution in [2.75, 3.05) is 47.1 Å². The molecule has 0 aliphatic carbocycles. The molecule has 1 aliphatic rings. The Hall–Kier alpha value is -3.77. The third kappa shape index (κ3) is 6.15. The second kappa shape index (κ2) is 11.5. The van der Waals surface area contributed by atoms with Crippen LogP contribution in [-0.4, -0.2) is 56.7 Å². The first-order chi connectivity index (χ1) is 17.8. The van der Waals surface area contributed by atoms with Crippen LogP contribution in [0, 0.1) is 5.92 Å². The van der Waals surface area contributed by atoms with Gasteiger partial charge in [-0.25, -0.2) is 13.4 Å². The summed E-state index contributed by atoms with van der Waals surface area (Å²) in [6.07, 6.45) is 2.62. The third-order valence-electron chi connectivity index (χ3n) is 6.14. The molecule has 2 heterocycles. The molecule has 0 atom stereocenters. The summed E-state index contributed by atoms with van der Waals surface area (Å²) in [6, 6.07) is 12.5. The number of piperidine rings is 1. The van der Waals surface area contributed by atoms with E-state index in [9.17, 15) is 18.3 Å². The van der Waals surface area contributed by atoms with E-state index in [1.165, 1.54) is 13.2 Å². The Labute approximate surface area is 221 Å². The van der Waals surface area contributed by atoms with Gasteiger partial charge in [-0.3, -0.25) is 9.10 Å². The fourth-order valence-corrected chi connectivity index (χ4v) is 4.57. The molecule has 4 rings (SSSR count). The van der Waals surface area contributed by atoms with Crippen molar-refractivity contribution in [3.05, 3.63) is 53.7 Å². The molecular weight excluding hydrogens is 520 g/mol. The average molecular weight is 547 g/mol. The highest BCUT2D eigenvalue weighted by molar-refractivity contribution is 7.74. The number of aliphatic carboxylic acids is 1. The zero-order valence-corrected chi connectivity index (χ0v) is 21.9. The first-order valence-corrected chi connectivity index (χ1v) is 13.0. The Kier molecular flexibility index (Phi) is 8.19. The molecule has 1 saturated heterocycles. The molecule has 37 heavy (non-hydrogen) atoms. The number of hydrogen-bond donors (Lipinski definition) is 4. The van der Waals surface area contributed by atoms with Crippen LogP contribution in [0.15, 0.2) is 48.7 Å². The van der Waals surface area contributed by atoms with E-state index in [1.54, 1.807) is 31.4 Å². The molecule has 0 spiro atoms. The van der Waals surface area contributed by atoms with Crippen molar-refractivity contribution in [2.24, 2.45) is 5.92 Å².